The summed E-state index contributed by atoms with van der Waals surface area (Å²) in [5.41, 5.74) is 2.35. The molecule has 0 aliphatic carbocycles. The van der Waals surface area contributed by atoms with Crippen molar-refractivity contribution in [3.8, 4) is 23.0 Å². The van der Waals surface area contributed by atoms with Crippen LogP contribution in [0.25, 0.3) is 0 Å². The number of benzene rings is 2. The fourth-order valence-electron chi connectivity index (χ4n) is 5.27. The molecule has 0 radical (unpaired) electrons. The molecule has 9 heteroatoms. The number of hydrogen-bond acceptors (Lipinski definition) is 8. The number of ether oxygens (including phenoxy) is 5. The fraction of sp³-hybridized carbons (Fsp3) is 0.440. The first-order valence-corrected chi connectivity index (χ1v) is 11.7. The third kappa shape index (κ3) is 3.21. The highest BCUT2D eigenvalue weighted by Crippen LogP contribution is 2.53. The molecule has 1 spiro atoms. The fourth-order valence-corrected chi connectivity index (χ4v) is 5.27. The molecule has 0 unspecified atom stereocenters. The molecule has 178 valence electrons. The summed E-state index contributed by atoms with van der Waals surface area (Å²) in [7, 11) is 1.66. The van der Waals surface area contributed by atoms with E-state index in [0.29, 0.717) is 38.3 Å². The van der Waals surface area contributed by atoms with Crippen LogP contribution in [-0.2, 0) is 4.74 Å². The Morgan fingerprint density at radius 3 is 2.79 bits per heavy atom. The second kappa shape index (κ2) is 8.00. The van der Waals surface area contributed by atoms with Crippen LogP contribution in [0.3, 0.4) is 0 Å². The van der Waals surface area contributed by atoms with E-state index in [0.717, 1.165) is 40.5 Å². The van der Waals surface area contributed by atoms with Crippen molar-refractivity contribution in [2.45, 2.75) is 38.0 Å². The van der Waals surface area contributed by atoms with Crippen molar-refractivity contribution in [3.63, 3.8) is 0 Å². The van der Waals surface area contributed by atoms with Crippen molar-refractivity contribution in [1.82, 2.24) is 9.91 Å². The Balaban J connectivity index is 1.37. The first-order valence-electron chi connectivity index (χ1n) is 11.7. The number of nitrogens with zero attached hydrogens (tertiary/aromatic N) is 3. The van der Waals surface area contributed by atoms with Crippen LogP contribution in [0, 0.1) is 0 Å². The third-order valence-electron chi connectivity index (χ3n) is 6.98. The molecule has 9 nitrogen and oxygen atoms in total. The maximum Gasteiger partial charge on any atom is 0.409 e. The highest BCUT2D eigenvalue weighted by atomic mass is 16.7. The molecule has 6 rings (SSSR count). The van der Waals surface area contributed by atoms with Crippen molar-refractivity contribution >= 4 is 11.8 Å². The number of rotatable bonds is 3. The topological polar surface area (TPSA) is 82.1 Å². The van der Waals surface area contributed by atoms with E-state index in [4.69, 9.17) is 28.8 Å². The van der Waals surface area contributed by atoms with Gasteiger partial charge in [0, 0.05) is 43.5 Å². The molecule has 0 N–H and O–H groups in total. The number of likely N-dealkylation sites (tertiary alicyclic amines) is 1. The number of hydrazone groups is 1. The largest absolute Gasteiger partial charge is 0.493 e. The van der Waals surface area contributed by atoms with Gasteiger partial charge in [0.2, 0.25) is 12.5 Å². The van der Waals surface area contributed by atoms with Gasteiger partial charge in [0.05, 0.1) is 25.5 Å². The average Bonchev–Trinajstić information content (AvgIpc) is 3.52. The normalized spacial score (nSPS) is 21.5. The molecule has 4 aliphatic heterocycles. The van der Waals surface area contributed by atoms with Gasteiger partial charge in [0.25, 0.3) is 0 Å². The van der Waals surface area contributed by atoms with Crippen LogP contribution in [-0.4, -0.2) is 61.0 Å². The number of piperidine rings is 1. The highest BCUT2D eigenvalue weighted by Gasteiger charge is 2.53. The summed E-state index contributed by atoms with van der Waals surface area (Å²) in [6.07, 6.45) is 1.66. The van der Waals surface area contributed by atoms with Crippen LogP contribution >= 0.6 is 0 Å². The number of carbonyl (C=O) groups excluding carboxylic acids is 1. The maximum atomic E-state index is 12.3. The zero-order valence-corrected chi connectivity index (χ0v) is 19.3. The van der Waals surface area contributed by atoms with E-state index >= 15 is 0 Å². The number of carbonyl (C=O) groups is 1. The van der Waals surface area contributed by atoms with E-state index in [1.54, 1.807) is 12.0 Å². The van der Waals surface area contributed by atoms with Crippen molar-refractivity contribution in [1.29, 1.82) is 0 Å². The zero-order valence-electron chi connectivity index (χ0n) is 19.3. The van der Waals surface area contributed by atoms with Gasteiger partial charge in [0.15, 0.2) is 23.0 Å². The van der Waals surface area contributed by atoms with Gasteiger partial charge in [-0.1, -0.05) is 12.1 Å². The van der Waals surface area contributed by atoms with Gasteiger partial charge in [-0.15, -0.1) is 0 Å². The van der Waals surface area contributed by atoms with E-state index < -0.39 is 5.72 Å². The smallest absolute Gasteiger partial charge is 0.409 e. The van der Waals surface area contributed by atoms with Crippen LogP contribution < -0.4 is 18.9 Å². The Bertz CT molecular complexity index is 1160. The van der Waals surface area contributed by atoms with Crippen LogP contribution in [0.1, 0.15) is 43.4 Å². The molecule has 1 fully saturated rings. The van der Waals surface area contributed by atoms with Crippen LogP contribution in [0.15, 0.2) is 41.5 Å². The molecular formula is C25H27N3O6. The van der Waals surface area contributed by atoms with Crippen LogP contribution in [0.5, 0.6) is 23.0 Å². The monoisotopic (exact) mass is 465 g/mol. The predicted molar refractivity (Wildman–Crippen MR) is 122 cm³/mol. The quantitative estimate of drug-likeness (QED) is 0.680. The molecule has 4 heterocycles. The Hall–Kier alpha value is -3.62. The van der Waals surface area contributed by atoms with Gasteiger partial charge in [-0.05, 0) is 31.2 Å². The van der Waals surface area contributed by atoms with Gasteiger partial charge in [-0.3, -0.25) is 0 Å². The molecule has 1 saturated heterocycles. The SMILES string of the molecule is CCOC(=O)N1CCC2(CC1)Oc1c(OC)cccc1[C@H]1CC(c3ccc4c(c3)OCO4)=NN12. The summed E-state index contributed by atoms with van der Waals surface area (Å²) in [6, 6.07) is 11.9. The first kappa shape index (κ1) is 20.9. The molecule has 34 heavy (non-hydrogen) atoms. The second-order valence-corrected chi connectivity index (χ2v) is 8.79. The summed E-state index contributed by atoms with van der Waals surface area (Å²) in [5, 5.41) is 7.20. The molecule has 0 saturated carbocycles. The van der Waals surface area contributed by atoms with Gasteiger partial charge in [0.1, 0.15) is 0 Å². The van der Waals surface area contributed by atoms with Crippen molar-refractivity contribution in [2.75, 3.05) is 33.6 Å². The molecule has 0 aromatic heterocycles. The average molecular weight is 466 g/mol. The lowest BCUT2D eigenvalue weighted by molar-refractivity contribution is -0.148. The number of amides is 1. The Labute approximate surface area is 197 Å². The lowest BCUT2D eigenvalue weighted by Gasteiger charge is -2.51. The minimum atomic E-state index is -0.673. The Morgan fingerprint density at radius 2 is 2.00 bits per heavy atom. The van der Waals surface area contributed by atoms with Gasteiger partial charge >= 0.3 is 6.09 Å². The van der Waals surface area contributed by atoms with E-state index in [2.05, 4.69) is 11.1 Å². The van der Waals surface area contributed by atoms with E-state index in [9.17, 15) is 4.79 Å². The third-order valence-corrected chi connectivity index (χ3v) is 6.98. The number of hydrogen-bond donors (Lipinski definition) is 0. The Morgan fingerprint density at radius 1 is 1.18 bits per heavy atom. The maximum absolute atomic E-state index is 12.3. The highest BCUT2D eigenvalue weighted by molar-refractivity contribution is 6.02. The van der Waals surface area contributed by atoms with Gasteiger partial charge in [-0.2, -0.15) is 5.10 Å². The zero-order chi connectivity index (χ0) is 23.3. The lowest BCUT2D eigenvalue weighted by Crippen LogP contribution is -2.59. The minimum absolute atomic E-state index is 0.00779. The molecule has 0 bridgehead atoms. The molecule has 1 amide bonds. The van der Waals surface area contributed by atoms with E-state index in [1.165, 1.54) is 0 Å². The van der Waals surface area contributed by atoms with E-state index in [1.807, 2.05) is 37.3 Å². The summed E-state index contributed by atoms with van der Waals surface area (Å²) in [6.45, 7) is 3.47. The van der Waals surface area contributed by atoms with Crippen LogP contribution in [0.4, 0.5) is 4.79 Å². The second-order valence-electron chi connectivity index (χ2n) is 8.79. The molecular weight excluding hydrogens is 438 g/mol. The summed E-state index contributed by atoms with van der Waals surface area (Å²) < 4.78 is 28.6. The number of methoxy groups -OCH3 is 1. The van der Waals surface area contributed by atoms with Gasteiger partial charge in [-0.25, -0.2) is 9.80 Å². The van der Waals surface area contributed by atoms with Crippen molar-refractivity contribution < 1.29 is 28.5 Å². The molecule has 2 aromatic carbocycles. The minimum Gasteiger partial charge on any atom is -0.493 e. The lowest BCUT2D eigenvalue weighted by atomic mass is 9.90. The van der Waals surface area contributed by atoms with Gasteiger partial charge < -0.3 is 28.6 Å². The summed E-state index contributed by atoms with van der Waals surface area (Å²) >= 11 is 0. The van der Waals surface area contributed by atoms with E-state index in [-0.39, 0.29) is 18.9 Å². The van der Waals surface area contributed by atoms with Crippen molar-refractivity contribution in [2.24, 2.45) is 5.10 Å². The predicted octanol–water partition coefficient (Wildman–Crippen LogP) is 3.92. The van der Waals surface area contributed by atoms with Crippen LogP contribution in [0.2, 0.25) is 0 Å². The summed E-state index contributed by atoms with van der Waals surface area (Å²) in [4.78, 5) is 14.0. The van der Waals surface area contributed by atoms with Crippen molar-refractivity contribution in [3.05, 3.63) is 47.5 Å². The molecule has 1 atom stereocenters. The molecule has 4 aliphatic rings. The first-order chi connectivity index (χ1) is 16.6. The Kier molecular flexibility index (Phi) is 4.93. The standard InChI is InChI=1S/C25H27N3O6/c1-3-31-24(29)27-11-9-25(10-12-27)28-19(17-5-4-6-21(30-2)23(17)34-25)14-18(26-28)16-7-8-20-22(13-16)33-15-32-20/h4-8,13,19H,3,9-12,14-15H2,1-2H3/t19-/m1/s1. The molecule has 2 aromatic rings. The number of fused-ring (bicyclic) bond motifs is 5. The summed E-state index contributed by atoms with van der Waals surface area (Å²) in [5.74, 6) is 2.96. The number of para-hydroxylation sites is 1.